The molecule has 0 aromatic carbocycles. The van der Waals surface area contributed by atoms with E-state index in [0.717, 1.165) is 25.7 Å². The van der Waals surface area contributed by atoms with E-state index in [2.05, 4.69) is 19.9 Å². The van der Waals surface area contributed by atoms with Crippen LogP contribution in [-0.4, -0.2) is 92.5 Å². The van der Waals surface area contributed by atoms with Crippen LogP contribution in [-0.2, 0) is 32.7 Å². The zero-order valence-corrected chi connectivity index (χ0v) is 36.0. The highest BCUT2D eigenvalue weighted by atomic mass is 31.2. The maximum absolute atomic E-state index is 12.6. The van der Waals surface area contributed by atoms with Crippen LogP contribution >= 0.6 is 7.82 Å². The molecule has 320 valence electrons. The summed E-state index contributed by atoms with van der Waals surface area (Å²) in [6, 6.07) is 0. The molecule has 0 amide bonds. The second-order valence-electron chi connectivity index (χ2n) is 15.4. The van der Waals surface area contributed by atoms with E-state index in [1.54, 1.807) is 36.5 Å². The van der Waals surface area contributed by atoms with Gasteiger partial charge in [-0.3, -0.25) is 14.2 Å². The van der Waals surface area contributed by atoms with Crippen molar-refractivity contribution in [2.45, 2.75) is 167 Å². The molecule has 0 aliphatic heterocycles. The molecule has 0 aliphatic carbocycles. The molecule has 0 heterocycles. The molecular weight excluding hydrogens is 721 g/mol. The Kier molecular flexibility index (Phi) is 33.7. The van der Waals surface area contributed by atoms with E-state index in [-0.39, 0.29) is 26.1 Å². The Morgan fingerprint density at radius 2 is 1.22 bits per heavy atom. The fraction of sp³-hybridized carbons (Fsp3) is 0.767. The van der Waals surface area contributed by atoms with Gasteiger partial charge in [0, 0.05) is 12.8 Å². The van der Waals surface area contributed by atoms with E-state index in [0.29, 0.717) is 36.7 Å². The van der Waals surface area contributed by atoms with Gasteiger partial charge in [-0.15, -0.1) is 0 Å². The summed E-state index contributed by atoms with van der Waals surface area (Å²) in [4.78, 5) is 37.4. The summed E-state index contributed by atoms with van der Waals surface area (Å²) in [6.07, 6.45) is 32.0. The van der Waals surface area contributed by atoms with Gasteiger partial charge < -0.3 is 38.1 Å². The highest BCUT2D eigenvalue weighted by Crippen LogP contribution is 2.38. The van der Waals surface area contributed by atoms with Gasteiger partial charge >= 0.3 is 11.9 Å². The van der Waals surface area contributed by atoms with Gasteiger partial charge in [0.15, 0.2) is 6.10 Å². The van der Waals surface area contributed by atoms with Gasteiger partial charge in [-0.05, 0) is 38.5 Å². The van der Waals surface area contributed by atoms with Gasteiger partial charge in [-0.2, -0.15) is 0 Å². The fourth-order valence-corrected chi connectivity index (χ4v) is 6.11. The summed E-state index contributed by atoms with van der Waals surface area (Å²) in [7, 11) is 1.03. The van der Waals surface area contributed by atoms with Crippen LogP contribution in [0.5, 0.6) is 0 Å². The zero-order valence-electron chi connectivity index (χ0n) is 35.1. The minimum absolute atomic E-state index is 0.0169. The minimum Gasteiger partial charge on any atom is -0.756 e. The molecule has 0 radical (unpaired) electrons. The molecule has 0 aromatic rings. The Balaban J connectivity index is 4.65. The smallest absolute Gasteiger partial charge is 0.306 e. The van der Waals surface area contributed by atoms with E-state index in [1.165, 1.54) is 70.6 Å². The second-order valence-corrected chi connectivity index (χ2v) is 16.8. The first-order chi connectivity index (χ1) is 26.3. The number of unbranched alkanes of at least 4 members (excludes halogenated alkanes) is 14. The first kappa shape index (κ1) is 52.9. The van der Waals surface area contributed by atoms with Crippen molar-refractivity contribution in [1.82, 2.24) is 0 Å². The van der Waals surface area contributed by atoms with E-state index in [1.807, 2.05) is 27.2 Å². The van der Waals surface area contributed by atoms with Crippen molar-refractivity contribution < 1.29 is 52.3 Å². The van der Waals surface area contributed by atoms with Crippen LogP contribution in [0.1, 0.15) is 149 Å². The summed E-state index contributed by atoms with van der Waals surface area (Å²) >= 11 is 0. The second kappa shape index (κ2) is 35.1. The van der Waals surface area contributed by atoms with E-state index in [9.17, 15) is 29.3 Å². The van der Waals surface area contributed by atoms with Crippen molar-refractivity contribution >= 4 is 19.8 Å². The van der Waals surface area contributed by atoms with Crippen molar-refractivity contribution in [1.29, 1.82) is 0 Å². The molecule has 11 nitrogen and oxygen atoms in total. The van der Waals surface area contributed by atoms with Crippen molar-refractivity contribution in [2.75, 3.05) is 47.5 Å². The average Bonchev–Trinajstić information content (AvgIpc) is 3.12. The molecule has 0 saturated heterocycles. The lowest BCUT2D eigenvalue weighted by atomic mass is 10.0. The molecule has 4 atom stereocenters. The third-order valence-corrected chi connectivity index (χ3v) is 9.76. The predicted molar refractivity (Wildman–Crippen MR) is 220 cm³/mol. The number of carbonyl (C=O) groups is 2. The third-order valence-electron chi connectivity index (χ3n) is 8.79. The van der Waals surface area contributed by atoms with Gasteiger partial charge in [0.2, 0.25) is 0 Å². The Bertz CT molecular complexity index is 1120. The fourth-order valence-electron chi connectivity index (χ4n) is 5.38. The quantitative estimate of drug-likeness (QED) is 0.0156. The molecule has 0 aromatic heterocycles. The first-order valence-electron chi connectivity index (χ1n) is 21.1. The molecule has 0 rings (SSSR count). The van der Waals surface area contributed by atoms with Crippen LogP contribution in [0.25, 0.3) is 0 Å². The summed E-state index contributed by atoms with van der Waals surface area (Å²) in [5, 5.41) is 20.3. The van der Waals surface area contributed by atoms with Crippen LogP contribution in [0, 0.1) is 0 Å². The molecule has 1 unspecified atom stereocenters. The van der Waals surface area contributed by atoms with Crippen LogP contribution < -0.4 is 4.89 Å². The molecular formula is C43H78NO10P. The number of hydrogen-bond acceptors (Lipinski definition) is 10. The summed E-state index contributed by atoms with van der Waals surface area (Å²) in [5.74, 6) is -1.08. The van der Waals surface area contributed by atoms with Crippen molar-refractivity contribution in [3.63, 3.8) is 0 Å². The zero-order chi connectivity index (χ0) is 41.0. The average molecular weight is 800 g/mol. The van der Waals surface area contributed by atoms with E-state index in [4.69, 9.17) is 18.5 Å². The normalized spacial score (nSPS) is 15.3. The number of rotatable bonds is 37. The number of quaternary nitrogens is 1. The van der Waals surface area contributed by atoms with Crippen molar-refractivity contribution in [3.8, 4) is 0 Å². The highest BCUT2D eigenvalue weighted by molar-refractivity contribution is 7.45. The SMILES string of the molecule is CCCCC/C=C\C[C@@H](O)/C=C/C=C/C=C\[C@@H](O)CCCC(=O)OC[C@H](COP(=O)([O-])OCC[N+](C)(C)C)OC(=O)CCCCCCCCCCCCCC. The number of ether oxygens (including phenoxy) is 2. The predicted octanol–water partition coefficient (Wildman–Crippen LogP) is 8.83. The first-order valence-corrected chi connectivity index (χ1v) is 22.5. The van der Waals surface area contributed by atoms with Crippen LogP contribution in [0.4, 0.5) is 0 Å². The highest BCUT2D eigenvalue weighted by Gasteiger charge is 2.22. The molecule has 55 heavy (non-hydrogen) atoms. The van der Waals surface area contributed by atoms with Gasteiger partial charge in [0.05, 0.1) is 40.0 Å². The minimum atomic E-state index is -4.68. The molecule has 0 aliphatic rings. The molecule has 0 fully saturated rings. The number of esters is 2. The van der Waals surface area contributed by atoms with Crippen LogP contribution in [0.15, 0.2) is 48.6 Å². The number of phosphoric ester groups is 1. The lowest BCUT2D eigenvalue weighted by Crippen LogP contribution is -2.37. The molecule has 12 heteroatoms. The lowest BCUT2D eigenvalue weighted by molar-refractivity contribution is -0.870. The van der Waals surface area contributed by atoms with Crippen molar-refractivity contribution in [2.24, 2.45) is 0 Å². The molecule has 0 spiro atoms. The molecule has 0 bridgehead atoms. The topological polar surface area (TPSA) is 152 Å². The number of allylic oxidation sites excluding steroid dienone is 5. The number of aliphatic hydroxyl groups excluding tert-OH is 2. The maximum Gasteiger partial charge on any atom is 0.306 e. The van der Waals surface area contributed by atoms with Crippen LogP contribution in [0.2, 0.25) is 0 Å². The van der Waals surface area contributed by atoms with Crippen LogP contribution in [0.3, 0.4) is 0 Å². The molecule has 0 saturated carbocycles. The number of hydrogen-bond donors (Lipinski definition) is 2. The number of aliphatic hydroxyl groups is 2. The third kappa shape index (κ3) is 38.5. The lowest BCUT2D eigenvalue weighted by Gasteiger charge is -2.28. The van der Waals surface area contributed by atoms with Gasteiger partial charge in [0.1, 0.15) is 19.8 Å². The number of carbonyl (C=O) groups excluding carboxylic acids is 2. The maximum atomic E-state index is 12.6. The van der Waals surface area contributed by atoms with E-state index >= 15 is 0 Å². The Hall–Kier alpha value is -2.11. The summed E-state index contributed by atoms with van der Waals surface area (Å²) in [5.41, 5.74) is 0. The summed E-state index contributed by atoms with van der Waals surface area (Å²) in [6.45, 7) is 3.86. The Morgan fingerprint density at radius 1 is 0.673 bits per heavy atom. The van der Waals surface area contributed by atoms with Crippen molar-refractivity contribution in [3.05, 3.63) is 48.6 Å². The summed E-state index contributed by atoms with van der Waals surface area (Å²) < 4.78 is 33.6. The number of nitrogens with zero attached hydrogens (tertiary/aromatic N) is 1. The van der Waals surface area contributed by atoms with Gasteiger partial charge in [-0.25, -0.2) is 0 Å². The van der Waals surface area contributed by atoms with Gasteiger partial charge in [0.25, 0.3) is 7.82 Å². The number of likely N-dealkylation sites (N-methyl/N-ethyl adjacent to an activating group) is 1. The Morgan fingerprint density at radius 3 is 1.82 bits per heavy atom. The monoisotopic (exact) mass is 800 g/mol. The number of phosphoric acid groups is 1. The standard InChI is InChI=1S/C43H78NO10P/c1-6-8-10-12-14-15-16-17-18-19-21-27-33-43(48)54-41(38-53-55(49,50)52-36-35-44(3,4)5)37-51-42(47)34-28-32-40(46)31-26-23-22-25-30-39(45)29-24-20-13-11-9-7-2/h20,22-26,30-31,39-41,45-46H,6-19,21,27-29,32-38H2,1-5H3/b23-22+,24-20-,30-25+,31-26-/t39-,40-,41-/m1/s1. The van der Waals surface area contributed by atoms with E-state index < -0.39 is 44.7 Å². The Labute approximate surface area is 334 Å². The largest absolute Gasteiger partial charge is 0.756 e. The molecule has 2 N–H and O–H groups in total. The van der Waals surface area contributed by atoms with Gasteiger partial charge in [-0.1, -0.05) is 146 Å².